The average molecular weight is 479 g/mol. The highest BCUT2D eigenvalue weighted by atomic mass is 19.4. The Kier molecular flexibility index (Phi) is 6.39. The maximum absolute atomic E-state index is 14.0. The maximum Gasteiger partial charge on any atom is 0.417 e. The lowest BCUT2D eigenvalue weighted by Gasteiger charge is -2.14. The number of hydrogen-bond acceptors (Lipinski definition) is 5. The predicted molar refractivity (Wildman–Crippen MR) is 129 cm³/mol. The third-order valence-corrected chi connectivity index (χ3v) is 5.27. The number of amides is 1. The van der Waals surface area contributed by atoms with Gasteiger partial charge in [-0.1, -0.05) is 24.3 Å². The second-order valence-electron chi connectivity index (χ2n) is 7.58. The summed E-state index contributed by atoms with van der Waals surface area (Å²) < 4.78 is 42.0. The van der Waals surface area contributed by atoms with Crippen LogP contribution in [0.15, 0.2) is 65.7 Å². The molecule has 3 aromatic carbocycles. The number of carbonyl (C=O) groups excluding carboxylic acids is 1. The van der Waals surface area contributed by atoms with Crippen LogP contribution >= 0.6 is 0 Å². The first-order valence-corrected chi connectivity index (χ1v) is 10.4. The van der Waals surface area contributed by atoms with Crippen molar-refractivity contribution in [3.05, 3.63) is 77.4 Å². The summed E-state index contributed by atoms with van der Waals surface area (Å²) in [5, 5.41) is 11.7. The number of carbonyl (C=O) groups is 1. The van der Waals surface area contributed by atoms with Gasteiger partial charge in [0.05, 0.1) is 22.3 Å². The van der Waals surface area contributed by atoms with Crippen LogP contribution in [-0.4, -0.2) is 27.8 Å². The smallest absolute Gasteiger partial charge is 0.326 e. The Morgan fingerprint density at radius 3 is 2.66 bits per heavy atom. The van der Waals surface area contributed by atoms with Crippen LogP contribution in [-0.2, 0) is 6.18 Å². The molecule has 1 aromatic heterocycles. The highest BCUT2D eigenvalue weighted by Gasteiger charge is 2.34. The molecule has 0 aliphatic carbocycles. The summed E-state index contributed by atoms with van der Waals surface area (Å²) in [7, 11) is 0. The van der Waals surface area contributed by atoms with Crippen LogP contribution < -0.4 is 10.8 Å². The Morgan fingerprint density at radius 1 is 1.17 bits per heavy atom. The Balaban J connectivity index is 1.80. The SMILES string of the molecule is C=Nc1ccc(-c2cc3[nH]c(Nc4cccc(C(=O)NO)c4)nc3cc2C(F)(F)F)cc1/C=C\C. The summed E-state index contributed by atoms with van der Waals surface area (Å²) in [6.45, 7) is 5.32. The molecule has 1 heterocycles. The fourth-order valence-electron chi connectivity index (χ4n) is 3.71. The van der Waals surface area contributed by atoms with Gasteiger partial charge in [-0.25, -0.2) is 10.5 Å². The molecule has 7 nitrogen and oxygen atoms in total. The summed E-state index contributed by atoms with van der Waals surface area (Å²) in [4.78, 5) is 22.8. The molecule has 4 rings (SSSR count). The van der Waals surface area contributed by atoms with E-state index in [9.17, 15) is 18.0 Å². The topological polar surface area (TPSA) is 102 Å². The molecule has 0 unspecified atom stereocenters. The van der Waals surface area contributed by atoms with Gasteiger partial charge in [-0.15, -0.1) is 0 Å². The van der Waals surface area contributed by atoms with Crippen LogP contribution in [0.25, 0.3) is 28.2 Å². The summed E-state index contributed by atoms with van der Waals surface area (Å²) in [6, 6.07) is 13.4. The van der Waals surface area contributed by atoms with Gasteiger partial charge in [0.15, 0.2) is 0 Å². The molecule has 0 saturated carbocycles. The molecule has 0 bridgehead atoms. The van der Waals surface area contributed by atoms with E-state index in [1.807, 2.05) is 0 Å². The number of halogens is 3. The highest BCUT2D eigenvalue weighted by molar-refractivity contribution is 5.94. The number of H-pyrrole nitrogens is 1. The number of benzene rings is 3. The number of hydroxylamine groups is 1. The van der Waals surface area contributed by atoms with Crippen molar-refractivity contribution in [1.29, 1.82) is 0 Å². The molecule has 0 fully saturated rings. The monoisotopic (exact) mass is 479 g/mol. The number of alkyl halides is 3. The summed E-state index contributed by atoms with van der Waals surface area (Å²) in [6.07, 6.45) is -1.09. The van der Waals surface area contributed by atoms with Gasteiger partial charge in [-0.2, -0.15) is 13.2 Å². The number of aliphatic imine (C=N–C) groups is 1. The summed E-state index contributed by atoms with van der Waals surface area (Å²) in [5.41, 5.74) is 3.42. The minimum atomic E-state index is -4.61. The van der Waals surface area contributed by atoms with Crippen LogP contribution in [0.5, 0.6) is 0 Å². The number of aromatic amines is 1. The van der Waals surface area contributed by atoms with E-state index in [1.165, 1.54) is 18.2 Å². The number of rotatable bonds is 6. The molecule has 4 aromatic rings. The minimum absolute atomic E-state index is 0.0109. The van der Waals surface area contributed by atoms with Gasteiger partial charge in [-0.05, 0) is 67.2 Å². The maximum atomic E-state index is 14.0. The zero-order valence-electron chi connectivity index (χ0n) is 18.4. The van der Waals surface area contributed by atoms with Gasteiger partial charge in [0.1, 0.15) is 0 Å². The minimum Gasteiger partial charge on any atom is -0.326 e. The standard InChI is InChI=1S/C25H20F3N5O2/c1-3-5-15-10-14(8-9-20(15)29-2)18-12-21-22(13-19(18)25(26,27)28)32-24(31-21)30-17-7-4-6-16(11-17)23(34)33-35/h3-13,35H,2H2,1H3,(H,33,34)(H2,30,31,32)/b5-3-. The van der Waals surface area contributed by atoms with E-state index in [0.717, 1.165) is 6.07 Å². The van der Waals surface area contributed by atoms with Gasteiger partial charge in [0.25, 0.3) is 5.91 Å². The van der Waals surface area contributed by atoms with Crippen LogP contribution in [0.2, 0.25) is 0 Å². The number of anilines is 2. The van der Waals surface area contributed by atoms with E-state index in [-0.39, 0.29) is 22.6 Å². The molecule has 4 N–H and O–H groups in total. The second kappa shape index (κ2) is 9.43. The lowest BCUT2D eigenvalue weighted by atomic mass is 9.96. The van der Waals surface area contributed by atoms with Crippen LogP contribution in [0, 0.1) is 0 Å². The molecule has 0 radical (unpaired) electrons. The van der Waals surface area contributed by atoms with Gasteiger partial charge >= 0.3 is 6.18 Å². The Labute approximate surface area is 198 Å². The number of fused-ring (bicyclic) bond motifs is 1. The molecule has 0 atom stereocenters. The third-order valence-electron chi connectivity index (χ3n) is 5.27. The van der Waals surface area contributed by atoms with E-state index in [4.69, 9.17) is 5.21 Å². The first-order valence-electron chi connectivity index (χ1n) is 10.4. The fraction of sp³-hybridized carbons (Fsp3) is 0.0800. The molecule has 178 valence electrons. The van der Waals surface area contributed by atoms with E-state index in [0.29, 0.717) is 28.0 Å². The molecule has 35 heavy (non-hydrogen) atoms. The van der Waals surface area contributed by atoms with Crippen molar-refractivity contribution in [2.24, 2.45) is 4.99 Å². The van der Waals surface area contributed by atoms with Crippen molar-refractivity contribution in [2.75, 3.05) is 5.32 Å². The van der Waals surface area contributed by atoms with E-state index in [1.54, 1.807) is 54.9 Å². The van der Waals surface area contributed by atoms with Gasteiger partial charge < -0.3 is 10.3 Å². The highest BCUT2D eigenvalue weighted by Crippen LogP contribution is 2.40. The fourth-order valence-corrected chi connectivity index (χ4v) is 3.71. The number of hydrogen-bond donors (Lipinski definition) is 4. The summed E-state index contributed by atoms with van der Waals surface area (Å²) >= 11 is 0. The predicted octanol–water partition coefficient (Wildman–Crippen LogP) is 6.48. The number of nitrogens with one attached hydrogen (secondary N) is 3. The zero-order chi connectivity index (χ0) is 25.2. The lowest BCUT2D eigenvalue weighted by molar-refractivity contribution is -0.137. The van der Waals surface area contributed by atoms with E-state index >= 15 is 0 Å². The van der Waals surface area contributed by atoms with Crippen molar-refractivity contribution < 1.29 is 23.2 Å². The molecule has 0 saturated heterocycles. The second-order valence-corrected chi connectivity index (χ2v) is 7.58. The van der Waals surface area contributed by atoms with E-state index in [2.05, 4.69) is 27.0 Å². The zero-order valence-corrected chi connectivity index (χ0v) is 18.4. The van der Waals surface area contributed by atoms with Crippen LogP contribution in [0.3, 0.4) is 0 Å². The third kappa shape index (κ3) is 4.92. The Morgan fingerprint density at radius 2 is 1.97 bits per heavy atom. The van der Waals surface area contributed by atoms with Crippen molar-refractivity contribution in [3.8, 4) is 11.1 Å². The average Bonchev–Trinajstić information content (AvgIpc) is 3.23. The quantitative estimate of drug-likeness (QED) is 0.144. The Bertz CT molecular complexity index is 1460. The molecular formula is C25H20F3N5O2. The van der Waals surface area contributed by atoms with Crippen molar-refractivity contribution in [3.63, 3.8) is 0 Å². The van der Waals surface area contributed by atoms with Gasteiger partial charge in [-0.3, -0.25) is 15.0 Å². The number of imidazole rings is 1. The molecule has 0 aliphatic rings. The molecule has 1 amide bonds. The Hall–Kier alpha value is -4.44. The number of allylic oxidation sites excluding steroid dienone is 1. The van der Waals surface area contributed by atoms with Crippen LogP contribution in [0.4, 0.5) is 30.5 Å². The molecule has 0 spiro atoms. The van der Waals surface area contributed by atoms with Crippen LogP contribution in [0.1, 0.15) is 28.4 Å². The largest absolute Gasteiger partial charge is 0.417 e. The van der Waals surface area contributed by atoms with Gasteiger partial charge in [0, 0.05) is 16.8 Å². The van der Waals surface area contributed by atoms with Crippen molar-refractivity contribution in [2.45, 2.75) is 13.1 Å². The lowest BCUT2D eigenvalue weighted by Crippen LogP contribution is -2.18. The first kappa shape index (κ1) is 23.7. The molecule has 10 heteroatoms. The molecule has 0 aliphatic heterocycles. The van der Waals surface area contributed by atoms with E-state index < -0.39 is 17.6 Å². The summed E-state index contributed by atoms with van der Waals surface area (Å²) in [5.74, 6) is -0.514. The van der Waals surface area contributed by atoms with Gasteiger partial charge in [0.2, 0.25) is 5.95 Å². The number of nitrogens with zero attached hydrogens (tertiary/aromatic N) is 2. The first-order chi connectivity index (χ1) is 16.7. The number of aromatic nitrogens is 2. The van der Waals surface area contributed by atoms with Crippen molar-refractivity contribution >= 4 is 47.1 Å². The van der Waals surface area contributed by atoms with Crippen molar-refractivity contribution in [1.82, 2.24) is 15.4 Å². The molecular weight excluding hydrogens is 459 g/mol. The normalized spacial score (nSPS) is 11.7.